The number of hydrogen-bond acceptors (Lipinski definition) is 13. The maximum absolute atomic E-state index is 11.8. The number of anilines is 5. The zero-order chi connectivity index (χ0) is 38.1. The predicted molar refractivity (Wildman–Crippen MR) is 191 cm³/mol. The van der Waals surface area contributed by atoms with E-state index in [-0.39, 0.29) is 18.2 Å². The van der Waals surface area contributed by atoms with Crippen molar-refractivity contribution in [3.63, 3.8) is 0 Å². The Morgan fingerprint density at radius 1 is 0.760 bits per heavy atom. The van der Waals surface area contributed by atoms with Gasteiger partial charge in [-0.1, -0.05) is 48.0 Å². The quantitative estimate of drug-likeness (QED) is 0.149. The second-order valence-electron chi connectivity index (χ2n) is 9.18. The highest BCUT2D eigenvalue weighted by Gasteiger charge is 2.13. The number of halogens is 1. The van der Waals surface area contributed by atoms with Crippen molar-refractivity contribution in [2.24, 2.45) is 5.73 Å². The molecule has 2 aromatic carbocycles. The maximum Gasteiger partial charge on any atom is 0.335 e. The van der Waals surface area contributed by atoms with Gasteiger partial charge in [0.05, 0.1) is 28.6 Å². The first-order chi connectivity index (χ1) is 23.8. The number of benzene rings is 2. The molecule has 0 aliphatic heterocycles. The highest BCUT2D eigenvalue weighted by atomic mass is 35.5. The van der Waals surface area contributed by atoms with Crippen molar-refractivity contribution in [3.8, 4) is 6.07 Å². The number of pyridine rings is 2. The minimum absolute atomic E-state index is 0.181. The van der Waals surface area contributed by atoms with Gasteiger partial charge in [-0.05, 0) is 43.2 Å². The Hall–Kier alpha value is -6.03. The molecule has 0 bridgehead atoms. The molecular weight excluding hydrogens is 710 g/mol. The molecule has 0 aliphatic carbocycles. The van der Waals surface area contributed by atoms with Crippen molar-refractivity contribution in [1.82, 2.24) is 20.6 Å². The number of nitrogens with one attached hydrogen (secondary N) is 4. The molecule has 0 radical (unpaired) electrons. The summed E-state index contributed by atoms with van der Waals surface area (Å²) in [4.78, 5) is 41.1. The lowest BCUT2D eigenvalue weighted by atomic mass is 10.1. The molecule has 0 atom stereocenters. The summed E-state index contributed by atoms with van der Waals surface area (Å²) in [7, 11) is 3.16. The van der Waals surface area contributed by atoms with Gasteiger partial charge in [-0.3, -0.25) is 14.4 Å². The van der Waals surface area contributed by atoms with E-state index >= 15 is 0 Å². The van der Waals surface area contributed by atoms with Gasteiger partial charge in [0, 0.05) is 43.9 Å². The van der Waals surface area contributed by atoms with Crippen molar-refractivity contribution in [2.45, 2.75) is 20.3 Å². The fourth-order valence-electron chi connectivity index (χ4n) is 3.53. The third-order valence-corrected chi connectivity index (χ3v) is 6.03. The summed E-state index contributed by atoms with van der Waals surface area (Å²) in [5.41, 5.74) is 16.4. The Bertz CT molecular complexity index is 1740. The smallest absolute Gasteiger partial charge is 0.335 e. The number of nitrogen functional groups attached to an aromatic ring is 1. The van der Waals surface area contributed by atoms with Crippen LogP contribution in [0.2, 0.25) is 5.15 Å². The van der Waals surface area contributed by atoms with E-state index in [0.717, 1.165) is 22.5 Å². The van der Waals surface area contributed by atoms with Crippen LogP contribution in [0.15, 0.2) is 73.1 Å². The standard InChI is InChI=1S/C14H14ClN3O.C14H16N4O.C3H4N2O.2O2S/c2*1-9-5-3-4-6-11(9)18-12-7-13(15)17-8-10(12)14(19)16-2;4-2-1-3(5)6;2*1-3-2/h3-8H,1-2H3,(H,16,19)(H,17,18);3-8H,1-2H3,(H,16,19)(H3,15,17,18);1H2,(H2,5,6);;. The van der Waals surface area contributed by atoms with Crippen LogP contribution in [0.5, 0.6) is 0 Å². The van der Waals surface area contributed by atoms with E-state index < -0.39 is 29.0 Å². The normalized spacial score (nSPS) is 8.88. The average Bonchev–Trinajstić information content (AvgIpc) is 3.08. The Morgan fingerprint density at radius 2 is 1.16 bits per heavy atom. The van der Waals surface area contributed by atoms with Gasteiger partial charge in [0.25, 0.3) is 11.8 Å². The van der Waals surface area contributed by atoms with Crippen molar-refractivity contribution < 1.29 is 31.2 Å². The molecular formula is C31H34ClN9O7S2. The Balaban J connectivity index is 0.000000730. The molecule has 4 rings (SSSR count). The Morgan fingerprint density at radius 3 is 1.52 bits per heavy atom. The maximum atomic E-state index is 11.8. The molecule has 2 aromatic heterocycles. The van der Waals surface area contributed by atoms with Crippen LogP contribution in [0.4, 0.5) is 28.6 Å². The number of para-hydroxylation sites is 2. The van der Waals surface area contributed by atoms with Crippen LogP contribution >= 0.6 is 11.6 Å². The van der Waals surface area contributed by atoms with Gasteiger partial charge in [-0.2, -0.15) is 22.1 Å². The van der Waals surface area contributed by atoms with Crippen LogP contribution in [0, 0.1) is 25.2 Å². The van der Waals surface area contributed by atoms with Crippen LogP contribution in [-0.4, -0.2) is 58.6 Å². The van der Waals surface area contributed by atoms with E-state index in [4.69, 9.17) is 39.4 Å². The number of aromatic nitrogens is 2. The number of carbonyl (C=O) groups excluding carboxylic acids is 3. The SMILES string of the molecule is CNC(=O)c1cnc(Cl)cc1Nc1ccccc1C.CNC(=O)c1cnc(N)cc1Nc1ccccc1C.N#CCC(N)=O.O=S=O.O=S=O. The minimum atomic E-state index is -0.750. The molecule has 4 aromatic rings. The van der Waals surface area contributed by atoms with Crippen LogP contribution in [0.25, 0.3) is 0 Å². The number of hydrogen-bond donors (Lipinski definition) is 6. The lowest BCUT2D eigenvalue weighted by Crippen LogP contribution is -2.19. The van der Waals surface area contributed by atoms with Gasteiger partial charge in [-0.15, -0.1) is 0 Å². The fraction of sp³-hybridized carbons (Fsp3) is 0.161. The molecule has 0 aliphatic rings. The van der Waals surface area contributed by atoms with Gasteiger partial charge in [0.2, 0.25) is 5.91 Å². The van der Waals surface area contributed by atoms with E-state index in [1.54, 1.807) is 32.3 Å². The summed E-state index contributed by atoms with van der Waals surface area (Å²) in [5.74, 6) is -0.620. The van der Waals surface area contributed by atoms with E-state index in [2.05, 4.69) is 37.0 Å². The van der Waals surface area contributed by atoms with Gasteiger partial charge < -0.3 is 32.7 Å². The number of nitrogens with two attached hydrogens (primary N) is 2. The summed E-state index contributed by atoms with van der Waals surface area (Å²) in [6, 6.07) is 20.5. The lowest BCUT2D eigenvalue weighted by molar-refractivity contribution is -0.117. The molecule has 264 valence electrons. The first-order valence-electron chi connectivity index (χ1n) is 13.8. The van der Waals surface area contributed by atoms with Gasteiger partial charge >= 0.3 is 23.1 Å². The summed E-state index contributed by atoms with van der Waals surface area (Å²) in [6.45, 7) is 3.98. The zero-order valence-electron chi connectivity index (χ0n) is 27.2. The molecule has 16 nitrogen and oxygen atoms in total. The minimum Gasteiger partial charge on any atom is -0.384 e. The number of aryl methyl sites for hydroxylation is 2. The molecule has 8 N–H and O–H groups in total. The molecule has 0 saturated heterocycles. The summed E-state index contributed by atoms with van der Waals surface area (Å²) >= 11 is 4.39. The average molecular weight is 744 g/mol. The topological polar surface area (TPSA) is 269 Å². The highest BCUT2D eigenvalue weighted by Crippen LogP contribution is 2.26. The summed E-state index contributed by atoms with van der Waals surface area (Å²) in [6.07, 6.45) is 2.75. The summed E-state index contributed by atoms with van der Waals surface area (Å²) < 4.78 is 33.2. The molecule has 2 heterocycles. The summed E-state index contributed by atoms with van der Waals surface area (Å²) in [5, 5.41) is 19.6. The Kier molecular flexibility index (Phi) is 22.0. The number of carbonyl (C=O) groups is 3. The van der Waals surface area contributed by atoms with E-state index in [1.807, 2.05) is 62.4 Å². The monoisotopic (exact) mass is 743 g/mol. The van der Waals surface area contributed by atoms with Gasteiger partial charge in [0.15, 0.2) is 0 Å². The second kappa shape index (κ2) is 25.0. The molecule has 19 heteroatoms. The molecule has 50 heavy (non-hydrogen) atoms. The highest BCUT2D eigenvalue weighted by molar-refractivity contribution is 7.51. The molecule has 3 amide bonds. The molecule has 0 fully saturated rings. The number of amides is 3. The fourth-order valence-corrected chi connectivity index (χ4v) is 3.69. The zero-order valence-corrected chi connectivity index (χ0v) is 29.6. The third-order valence-electron chi connectivity index (χ3n) is 5.82. The number of primary amides is 1. The van der Waals surface area contributed by atoms with E-state index in [1.165, 1.54) is 12.4 Å². The molecule has 0 saturated carbocycles. The van der Waals surface area contributed by atoms with Crippen LogP contribution in [0.1, 0.15) is 38.3 Å². The van der Waals surface area contributed by atoms with Crippen LogP contribution in [-0.2, 0) is 27.9 Å². The van der Waals surface area contributed by atoms with Gasteiger partial charge in [0.1, 0.15) is 17.4 Å². The second-order valence-corrected chi connectivity index (χ2v) is 9.84. The largest absolute Gasteiger partial charge is 0.384 e. The van der Waals surface area contributed by atoms with Crippen molar-refractivity contribution in [3.05, 3.63) is 100 Å². The van der Waals surface area contributed by atoms with Crippen molar-refractivity contribution in [2.75, 3.05) is 30.5 Å². The van der Waals surface area contributed by atoms with E-state index in [9.17, 15) is 14.4 Å². The Labute approximate surface area is 300 Å². The first kappa shape index (κ1) is 44.0. The molecule has 0 unspecified atom stereocenters. The molecule has 0 spiro atoms. The van der Waals surface area contributed by atoms with Crippen LogP contribution < -0.4 is 32.7 Å². The number of rotatable bonds is 7. The van der Waals surface area contributed by atoms with Crippen molar-refractivity contribution >= 4 is 81.0 Å². The van der Waals surface area contributed by atoms with Crippen LogP contribution in [0.3, 0.4) is 0 Å². The predicted octanol–water partition coefficient (Wildman–Crippen LogP) is 3.27. The first-order valence-corrected chi connectivity index (χ1v) is 15.5. The number of nitrogens with zero attached hydrogens (tertiary/aromatic N) is 3. The third kappa shape index (κ3) is 16.7. The number of nitriles is 1. The van der Waals surface area contributed by atoms with Gasteiger partial charge in [-0.25, -0.2) is 9.97 Å². The lowest BCUT2D eigenvalue weighted by Gasteiger charge is -2.13. The van der Waals surface area contributed by atoms with Crippen molar-refractivity contribution in [1.29, 1.82) is 5.26 Å². The van der Waals surface area contributed by atoms with E-state index in [0.29, 0.717) is 33.5 Å².